The Hall–Kier alpha value is -2.47. The van der Waals surface area contributed by atoms with Crippen molar-refractivity contribution in [1.29, 1.82) is 0 Å². The Kier molecular flexibility index (Phi) is 4.27. The van der Waals surface area contributed by atoms with Crippen molar-refractivity contribution in [3.63, 3.8) is 0 Å². The summed E-state index contributed by atoms with van der Waals surface area (Å²) >= 11 is 0. The molecule has 0 saturated heterocycles. The van der Waals surface area contributed by atoms with E-state index in [1.165, 1.54) is 19.2 Å². The first-order valence-electron chi connectivity index (χ1n) is 6.03. The van der Waals surface area contributed by atoms with Crippen molar-refractivity contribution >= 4 is 5.69 Å². The Morgan fingerprint density at radius 3 is 2.60 bits per heavy atom. The van der Waals surface area contributed by atoms with E-state index < -0.39 is 11.0 Å². The minimum absolute atomic E-state index is 0.0531. The fraction of sp³-hybridized carbons (Fsp3) is 0.214. The van der Waals surface area contributed by atoms with Crippen molar-refractivity contribution < 1.29 is 14.8 Å². The smallest absolute Gasteiger partial charge is 0.291 e. The van der Waals surface area contributed by atoms with Crippen molar-refractivity contribution in [1.82, 2.24) is 4.98 Å². The predicted octanol–water partition coefficient (Wildman–Crippen LogP) is 2.27. The molecule has 1 aromatic heterocycles. The van der Waals surface area contributed by atoms with Gasteiger partial charge in [-0.2, -0.15) is 0 Å². The van der Waals surface area contributed by atoms with Gasteiger partial charge in [0.2, 0.25) is 5.88 Å². The number of nitro groups is 1. The van der Waals surface area contributed by atoms with Gasteiger partial charge in [-0.15, -0.1) is 0 Å². The molecule has 0 fully saturated rings. The number of rotatable bonds is 5. The number of hydrogen-bond acceptors (Lipinski definition) is 5. The molecule has 1 aromatic carbocycles. The third kappa shape index (κ3) is 3.10. The number of nitrogens with zero attached hydrogens (tertiary/aromatic N) is 2. The maximum absolute atomic E-state index is 11.0. The molecule has 0 aliphatic carbocycles. The van der Waals surface area contributed by atoms with Crippen LogP contribution < -0.4 is 4.74 Å². The zero-order valence-corrected chi connectivity index (χ0v) is 10.9. The quantitative estimate of drug-likeness (QED) is 0.667. The Morgan fingerprint density at radius 2 is 2.00 bits per heavy atom. The predicted molar refractivity (Wildman–Crippen MR) is 72.5 cm³/mol. The summed E-state index contributed by atoms with van der Waals surface area (Å²) in [7, 11) is 1.44. The molecule has 1 atom stereocenters. The average molecular weight is 274 g/mol. The molecule has 0 amide bonds. The van der Waals surface area contributed by atoms with Gasteiger partial charge in [-0.1, -0.05) is 30.3 Å². The van der Waals surface area contributed by atoms with E-state index in [-0.39, 0.29) is 23.7 Å². The number of aliphatic hydroxyl groups is 1. The topological polar surface area (TPSA) is 85.5 Å². The van der Waals surface area contributed by atoms with Gasteiger partial charge < -0.3 is 9.84 Å². The van der Waals surface area contributed by atoms with E-state index in [4.69, 9.17) is 4.74 Å². The fourth-order valence-corrected chi connectivity index (χ4v) is 1.88. The molecule has 1 N–H and O–H groups in total. The third-order valence-corrected chi connectivity index (χ3v) is 2.90. The molecular formula is C14H14N2O4. The van der Waals surface area contributed by atoms with Crippen LogP contribution in [0, 0.1) is 10.1 Å². The van der Waals surface area contributed by atoms with Crippen molar-refractivity contribution in [2.24, 2.45) is 0 Å². The lowest BCUT2D eigenvalue weighted by Crippen LogP contribution is -2.07. The summed E-state index contributed by atoms with van der Waals surface area (Å²) in [5, 5.41) is 21.1. The highest BCUT2D eigenvalue weighted by Crippen LogP contribution is 2.25. The number of benzene rings is 1. The summed E-state index contributed by atoms with van der Waals surface area (Å²) in [5.41, 5.74) is 0.762. The van der Waals surface area contributed by atoms with Crippen LogP contribution in [0.4, 0.5) is 5.69 Å². The summed E-state index contributed by atoms with van der Waals surface area (Å²) in [6.45, 7) is 0. The van der Waals surface area contributed by atoms with Crippen LogP contribution in [0.15, 0.2) is 42.5 Å². The molecule has 2 rings (SSSR count). The first-order chi connectivity index (χ1) is 9.61. The average Bonchev–Trinajstić information content (AvgIpc) is 2.47. The SMILES string of the molecule is COc1ccc([N+](=O)[O-])c(CC(O)c2ccccc2)n1. The van der Waals surface area contributed by atoms with E-state index in [1.54, 1.807) is 24.3 Å². The second-order valence-corrected chi connectivity index (χ2v) is 4.21. The molecule has 2 aromatic rings. The lowest BCUT2D eigenvalue weighted by molar-refractivity contribution is -0.386. The molecule has 6 nitrogen and oxygen atoms in total. The highest BCUT2D eigenvalue weighted by Gasteiger charge is 2.20. The molecule has 104 valence electrons. The summed E-state index contributed by atoms with van der Waals surface area (Å²) in [5.74, 6) is 0.283. The maximum atomic E-state index is 11.0. The number of aliphatic hydroxyl groups excluding tert-OH is 1. The summed E-state index contributed by atoms with van der Waals surface area (Å²) < 4.78 is 4.96. The van der Waals surface area contributed by atoms with Gasteiger partial charge in [-0.25, -0.2) is 4.98 Å². The fourth-order valence-electron chi connectivity index (χ4n) is 1.88. The van der Waals surface area contributed by atoms with E-state index in [0.29, 0.717) is 5.56 Å². The molecular weight excluding hydrogens is 260 g/mol. The van der Waals surface area contributed by atoms with Crippen molar-refractivity contribution in [3.05, 3.63) is 63.8 Å². The zero-order valence-electron chi connectivity index (χ0n) is 10.9. The number of aromatic nitrogens is 1. The van der Waals surface area contributed by atoms with E-state index in [0.717, 1.165) is 0 Å². The lowest BCUT2D eigenvalue weighted by atomic mass is 10.0. The Labute approximate surface area is 115 Å². The molecule has 1 unspecified atom stereocenters. The van der Waals surface area contributed by atoms with E-state index >= 15 is 0 Å². The van der Waals surface area contributed by atoms with Gasteiger partial charge in [-0.3, -0.25) is 10.1 Å². The van der Waals surface area contributed by atoms with Gasteiger partial charge >= 0.3 is 0 Å². The molecule has 20 heavy (non-hydrogen) atoms. The van der Waals surface area contributed by atoms with Gasteiger partial charge in [0.1, 0.15) is 5.69 Å². The second kappa shape index (κ2) is 6.12. The second-order valence-electron chi connectivity index (χ2n) is 4.21. The number of pyridine rings is 1. The Morgan fingerprint density at radius 1 is 1.30 bits per heavy atom. The Bertz CT molecular complexity index is 601. The lowest BCUT2D eigenvalue weighted by Gasteiger charge is -2.11. The van der Waals surface area contributed by atoms with E-state index in [1.807, 2.05) is 6.07 Å². The minimum atomic E-state index is -0.852. The minimum Gasteiger partial charge on any atom is -0.481 e. The van der Waals surface area contributed by atoms with Gasteiger partial charge in [0.05, 0.1) is 18.1 Å². The van der Waals surface area contributed by atoms with Gasteiger partial charge in [0, 0.05) is 18.6 Å². The van der Waals surface area contributed by atoms with Crippen LogP contribution in [0.2, 0.25) is 0 Å². The number of methoxy groups -OCH3 is 1. The molecule has 0 aliphatic rings. The number of hydrogen-bond donors (Lipinski definition) is 1. The van der Waals surface area contributed by atoms with Crippen molar-refractivity contribution in [3.8, 4) is 5.88 Å². The largest absolute Gasteiger partial charge is 0.481 e. The van der Waals surface area contributed by atoms with Crippen LogP contribution in [0.25, 0.3) is 0 Å². The summed E-state index contributed by atoms with van der Waals surface area (Å²) in [6.07, 6.45) is -0.799. The van der Waals surface area contributed by atoms with E-state index in [9.17, 15) is 15.2 Å². The molecule has 1 heterocycles. The highest BCUT2D eigenvalue weighted by molar-refractivity contribution is 5.39. The highest BCUT2D eigenvalue weighted by atomic mass is 16.6. The zero-order chi connectivity index (χ0) is 14.5. The van der Waals surface area contributed by atoms with Crippen LogP contribution >= 0.6 is 0 Å². The van der Waals surface area contributed by atoms with Gasteiger partial charge in [-0.05, 0) is 5.56 Å². The molecule has 0 aliphatic heterocycles. The molecule has 0 saturated carbocycles. The standard InChI is InChI=1S/C14H14N2O4/c1-20-14-8-7-12(16(18)19)11(15-14)9-13(17)10-5-3-2-4-6-10/h2-8,13,17H,9H2,1H3. The van der Waals surface area contributed by atoms with Crippen LogP contribution in [0.5, 0.6) is 5.88 Å². The molecule has 0 bridgehead atoms. The first kappa shape index (κ1) is 14.0. The van der Waals surface area contributed by atoms with Gasteiger partial charge in [0.25, 0.3) is 5.69 Å². The normalized spacial score (nSPS) is 11.9. The van der Waals surface area contributed by atoms with Crippen LogP contribution in [-0.2, 0) is 6.42 Å². The van der Waals surface area contributed by atoms with Crippen molar-refractivity contribution in [2.75, 3.05) is 7.11 Å². The van der Waals surface area contributed by atoms with Crippen LogP contribution in [0.1, 0.15) is 17.4 Å². The summed E-state index contributed by atoms with van der Waals surface area (Å²) in [4.78, 5) is 14.5. The van der Waals surface area contributed by atoms with Crippen molar-refractivity contribution in [2.45, 2.75) is 12.5 Å². The first-order valence-corrected chi connectivity index (χ1v) is 6.03. The molecule has 0 spiro atoms. The van der Waals surface area contributed by atoms with Crippen LogP contribution in [-0.4, -0.2) is 22.1 Å². The van der Waals surface area contributed by atoms with Crippen LogP contribution in [0.3, 0.4) is 0 Å². The molecule has 0 radical (unpaired) electrons. The van der Waals surface area contributed by atoms with Gasteiger partial charge in [0.15, 0.2) is 0 Å². The number of ether oxygens (including phenoxy) is 1. The van der Waals surface area contributed by atoms with E-state index in [2.05, 4.69) is 4.98 Å². The maximum Gasteiger partial charge on any atom is 0.291 e. The summed E-state index contributed by atoms with van der Waals surface area (Å²) in [6, 6.07) is 11.7. The monoisotopic (exact) mass is 274 g/mol. The third-order valence-electron chi connectivity index (χ3n) is 2.90. The Balaban J connectivity index is 2.29. The molecule has 6 heteroatoms.